The van der Waals surface area contributed by atoms with Gasteiger partial charge in [0.25, 0.3) is 0 Å². The summed E-state index contributed by atoms with van der Waals surface area (Å²) in [5, 5.41) is 5.50. The molecule has 0 aromatic heterocycles. The van der Waals surface area contributed by atoms with Crippen LogP contribution in [0.5, 0.6) is 0 Å². The predicted octanol–water partition coefficient (Wildman–Crippen LogP) is 4.31. The van der Waals surface area contributed by atoms with Crippen LogP contribution in [0.1, 0.15) is 17.5 Å². The Balaban J connectivity index is 1.59. The molecule has 1 aliphatic rings. The van der Waals surface area contributed by atoms with Crippen molar-refractivity contribution in [3.8, 4) is 0 Å². The Morgan fingerprint density at radius 1 is 1.08 bits per heavy atom. The van der Waals surface area contributed by atoms with Gasteiger partial charge in [0.2, 0.25) is 11.8 Å². The minimum Gasteiger partial charge on any atom is -0.326 e. The number of amides is 2. The van der Waals surface area contributed by atoms with Crippen molar-refractivity contribution in [2.24, 2.45) is 11.8 Å². The van der Waals surface area contributed by atoms with Gasteiger partial charge in [-0.05, 0) is 55.7 Å². The second kappa shape index (κ2) is 6.84. The van der Waals surface area contributed by atoms with Crippen LogP contribution in [0.25, 0.3) is 0 Å². The average Bonchev–Trinajstić information content (AvgIpc) is 3.36. The molecule has 0 saturated heterocycles. The summed E-state index contributed by atoms with van der Waals surface area (Å²) in [5.41, 5.74) is 3.29. The second-order valence-electron chi connectivity index (χ2n) is 6.30. The highest BCUT2D eigenvalue weighted by Gasteiger charge is 2.48. The minimum atomic E-state index is -0.545. The van der Waals surface area contributed by atoms with E-state index < -0.39 is 5.82 Å². The lowest BCUT2D eigenvalue weighted by Crippen LogP contribution is -2.21. The van der Waals surface area contributed by atoms with Crippen LogP contribution in [0.15, 0.2) is 36.4 Å². The Morgan fingerprint density at radius 3 is 2.44 bits per heavy atom. The maximum atomic E-state index is 13.1. The molecule has 0 heterocycles. The van der Waals surface area contributed by atoms with Crippen LogP contribution in [-0.2, 0) is 9.59 Å². The fourth-order valence-electron chi connectivity index (χ4n) is 2.70. The number of rotatable bonds is 4. The number of carbonyl (C=O) groups is 2. The molecule has 1 aliphatic carbocycles. The van der Waals surface area contributed by atoms with E-state index in [1.165, 1.54) is 18.2 Å². The van der Waals surface area contributed by atoms with E-state index in [4.69, 9.17) is 11.6 Å². The molecule has 0 aliphatic heterocycles. The van der Waals surface area contributed by atoms with Gasteiger partial charge in [0.15, 0.2) is 0 Å². The SMILES string of the molecule is Cc1cccc(NC(=O)C2CC2C(=O)Nc2ccc(F)c(Cl)c2)c1C. The van der Waals surface area contributed by atoms with Crippen LogP contribution in [0.4, 0.5) is 15.8 Å². The molecule has 0 radical (unpaired) electrons. The molecular weight excluding hydrogens is 343 g/mol. The van der Waals surface area contributed by atoms with Gasteiger partial charge in [0, 0.05) is 11.4 Å². The molecule has 4 nitrogen and oxygen atoms in total. The van der Waals surface area contributed by atoms with Crippen LogP contribution in [0, 0.1) is 31.5 Å². The van der Waals surface area contributed by atoms with E-state index in [2.05, 4.69) is 10.6 Å². The van der Waals surface area contributed by atoms with Gasteiger partial charge in [0.1, 0.15) is 5.82 Å². The molecule has 3 rings (SSSR count). The highest BCUT2D eigenvalue weighted by atomic mass is 35.5. The van der Waals surface area contributed by atoms with E-state index in [1.54, 1.807) is 0 Å². The molecule has 2 amide bonds. The molecule has 25 heavy (non-hydrogen) atoms. The maximum absolute atomic E-state index is 13.1. The Labute approximate surface area is 150 Å². The van der Waals surface area contributed by atoms with Gasteiger partial charge in [-0.25, -0.2) is 4.39 Å². The first-order valence-electron chi connectivity index (χ1n) is 8.00. The van der Waals surface area contributed by atoms with Crippen molar-refractivity contribution in [1.82, 2.24) is 0 Å². The van der Waals surface area contributed by atoms with Gasteiger partial charge in [-0.15, -0.1) is 0 Å². The maximum Gasteiger partial charge on any atom is 0.228 e. The first-order chi connectivity index (χ1) is 11.9. The average molecular weight is 361 g/mol. The number of anilines is 2. The van der Waals surface area contributed by atoms with E-state index in [9.17, 15) is 14.0 Å². The Bertz CT molecular complexity index is 853. The van der Waals surface area contributed by atoms with E-state index in [0.717, 1.165) is 16.8 Å². The van der Waals surface area contributed by atoms with Gasteiger partial charge in [-0.3, -0.25) is 9.59 Å². The molecule has 1 fully saturated rings. The molecule has 1 saturated carbocycles. The molecule has 130 valence electrons. The topological polar surface area (TPSA) is 58.2 Å². The number of hydrogen-bond donors (Lipinski definition) is 2. The van der Waals surface area contributed by atoms with E-state index in [-0.39, 0.29) is 28.7 Å². The Morgan fingerprint density at radius 2 is 1.76 bits per heavy atom. The molecule has 2 unspecified atom stereocenters. The van der Waals surface area contributed by atoms with E-state index in [1.807, 2.05) is 32.0 Å². The van der Waals surface area contributed by atoms with Crippen LogP contribution in [0.2, 0.25) is 5.02 Å². The van der Waals surface area contributed by atoms with Crippen molar-refractivity contribution in [1.29, 1.82) is 0 Å². The molecule has 2 aromatic rings. The molecular formula is C19H18ClFN2O2. The fourth-order valence-corrected chi connectivity index (χ4v) is 2.88. The summed E-state index contributed by atoms with van der Waals surface area (Å²) in [4.78, 5) is 24.6. The summed E-state index contributed by atoms with van der Waals surface area (Å²) in [6.07, 6.45) is 0.497. The summed E-state index contributed by atoms with van der Waals surface area (Å²) >= 11 is 5.70. The number of nitrogens with one attached hydrogen (secondary N) is 2. The lowest BCUT2D eigenvalue weighted by molar-refractivity contribution is -0.122. The van der Waals surface area contributed by atoms with Crippen molar-refractivity contribution < 1.29 is 14.0 Å². The fraction of sp³-hybridized carbons (Fsp3) is 0.263. The summed E-state index contributed by atoms with van der Waals surface area (Å²) in [6.45, 7) is 3.92. The van der Waals surface area contributed by atoms with E-state index >= 15 is 0 Å². The lowest BCUT2D eigenvalue weighted by atomic mass is 10.1. The van der Waals surface area contributed by atoms with Crippen molar-refractivity contribution in [2.45, 2.75) is 20.3 Å². The molecule has 2 N–H and O–H groups in total. The molecule has 2 aromatic carbocycles. The number of benzene rings is 2. The molecule has 6 heteroatoms. The monoisotopic (exact) mass is 360 g/mol. The third-order valence-corrected chi connectivity index (χ3v) is 4.80. The summed E-state index contributed by atoms with van der Waals surface area (Å²) < 4.78 is 13.1. The standard InChI is InChI=1S/C19H18ClFN2O2/c1-10-4-3-5-17(11(10)2)23-19(25)14-9-13(14)18(24)22-12-6-7-16(21)15(20)8-12/h3-8,13-14H,9H2,1-2H3,(H,22,24)(H,23,25). The summed E-state index contributed by atoms with van der Waals surface area (Å²) in [5.74, 6) is -1.70. The largest absolute Gasteiger partial charge is 0.326 e. The normalized spacial score (nSPS) is 18.6. The van der Waals surface area contributed by atoms with Crippen molar-refractivity contribution in [3.63, 3.8) is 0 Å². The second-order valence-corrected chi connectivity index (χ2v) is 6.71. The Hall–Kier alpha value is -2.40. The number of carbonyl (C=O) groups excluding carboxylic acids is 2. The number of halogens is 2. The zero-order valence-electron chi connectivity index (χ0n) is 13.9. The third kappa shape index (κ3) is 3.82. The minimum absolute atomic E-state index is 0.0576. The van der Waals surface area contributed by atoms with Crippen LogP contribution in [0.3, 0.4) is 0 Å². The van der Waals surface area contributed by atoms with Gasteiger partial charge in [-0.2, -0.15) is 0 Å². The van der Waals surface area contributed by atoms with Crippen LogP contribution in [-0.4, -0.2) is 11.8 Å². The highest BCUT2D eigenvalue weighted by molar-refractivity contribution is 6.31. The predicted molar refractivity (Wildman–Crippen MR) is 96.2 cm³/mol. The quantitative estimate of drug-likeness (QED) is 0.853. The zero-order valence-corrected chi connectivity index (χ0v) is 14.7. The van der Waals surface area contributed by atoms with Crippen molar-refractivity contribution in [3.05, 3.63) is 58.4 Å². The highest BCUT2D eigenvalue weighted by Crippen LogP contribution is 2.40. The first kappa shape index (κ1) is 17.4. The molecule has 0 bridgehead atoms. The van der Waals surface area contributed by atoms with Gasteiger partial charge >= 0.3 is 0 Å². The van der Waals surface area contributed by atoms with Crippen LogP contribution >= 0.6 is 11.6 Å². The van der Waals surface area contributed by atoms with Gasteiger partial charge in [-0.1, -0.05) is 23.7 Å². The summed E-state index contributed by atoms with van der Waals surface area (Å²) in [7, 11) is 0. The lowest BCUT2D eigenvalue weighted by Gasteiger charge is -2.10. The van der Waals surface area contributed by atoms with Gasteiger partial charge in [0.05, 0.1) is 16.9 Å². The van der Waals surface area contributed by atoms with Crippen LogP contribution < -0.4 is 10.6 Å². The first-order valence-corrected chi connectivity index (χ1v) is 8.37. The smallest absolute Gasteiger partial charge is 0.228 e. The van der Waals surface area contributed by atoms with Gasteiger partial charge < -0.3 is 10.6 Å². The number of hydrogen-bond acceptors (Lipinski definition) is 2. The van der Waals surface area contributed by atoms with Crippen molar-refractivity contribution >= 4 is 34.8 Å². The Kier molecular flexibility index (Phi) is 4.77. The molecule has 0 spiro atoms. The van der Waals surface area contributed by atoms with Crippen molar-refractivity contribution in [2.75, 3.05) is 10.6 Å². The molecule has 2 atom stereocenters. The third-order valence-electron chi connectivity index (χ3n) is 4.51. The van der Waals surface area contributed by atoms with E-state index in [0.29, 0.717) is 12.1 Å². The number of aryl methyl sites for hydroxylation is 1. The zero-order chi connectivity index (χ0) is 18.1. The summed E-state index contributed by atoms with van der Waals surface area (Å²) in [6, 6.07) is 9.68.